The molecule has 0 aromatic heterocycles. The molecule has 1 aromatic rings. The normalized spacial score (nSPS) is 16.0. The van der Waals surface area contributed by atoms with Crippen LogP contribution in [-0.2, 0) is 17.9 Å². The number of carbonyl (C=O) groups excluding carboxylic acids is 1. The van der Waals surface area contributed by atoms with Gasteiger partial charge in [0.15, 0.2) is 0 Å². The van der Waals surface area contributed by atoms with E-state index in [1.807, 2.05) is 24.0 Å². The molecule has 1 unspecified atom stereocenters. The first-order valence-corrected chi connectivity index (χ1v) is 5.77. The van der Waals surface area contributed by atoms with Gasteiger partial charge >= 0.3 is 0 Å². The topological polar surface area (TPSA) is 46.3 Å². The summed E-state index contributed by atoms with van der Waals surface area (Å²) in [4.78, 5) is 13.8. The molecule has 1 atom stereocenters. The van der Waals surface area contributed by atoms with E-state index in [0.717, 1.165) is 19.5 Å². The van der Waals surface area contributed by atoms with Crippen LogP contribution in [0.5, 0.6) is 0 Å². The van der Waals surface area contributed by atoms with E-state index in [-0.39, 0.29) is 11.9 Å². The number of carbonyl (C=O) groups is 1. The van der Waals surface area contributed by atoms with E-state index in [1.165, 1.54) is 11.1 Å². The second kappa shape index (κ2) is 4.66. The summed E-state index contributed by atoms with van der Waals surface area (Å²) in [7, 11) is 0. The summed E-state index contributed by atoms with van der Waals surface area (Å²) in [5.74, 6) is 0.216. The molecule has 1 heterocycles. The van der Waals surface area contributed by atoms with E-state index in [1.54, 1.807) is 0 Å². The fraction of sp³-hybridized carbons (Fsp3) is 0.462. The molecule has 3 heteroatoms. The molecule has 0 aliphatic carbocycles. The highest BCUT2D eigenvalue weighted by atomic mass is 16.2. The average molecular weight is 218 g/mol. The van der Waals surface area contributed by atoms with E-state index >= 15 is 0 Å². The minimum Gasteiger partial charge on any atom is -0.334 e. The zero-order valence-electron chi connectivity index (χ0n) is 9.65. The van der Waals surface area contributed by atoms with Crippen molar-refractivity contribution < 1.29 is 4.79 Å². The van der Waals surface area contributed by atoms with Crippen molar-refractivity contribution in [2.45, 2.75) is 38.9 Å². The van der Waals surface area contributed by atoms with Gasteiger partial charge in [0.05, 0.1) is 0 Å². The third kappa shape index (κ3) is 2.42. The number of fused-ring (bicyclic) bond motifs is 1. The van der Waals surface area contributed by atoms with Gasteiger partial charge in [-0.3, -0.25) is 4.79 Å². The van der Waals surface area contributed by atoms with E-state index in [9.17, 15) is 4.79 Å². The van der Waals surface area contributed by atoms with Crippen LogP contribution in [-0.4, -0.2) is 16.8 Å². The standard InChI is InChI=1S/C13H18N2O/c1-10(14)6-7-13(16)15-8-11-4-2-3-5-12(11)9-15/h2-5,10H,6-9,14H2,1H3. The Morgan fingerprint density at radius 1 is 1.38 bits per heavy atom. The Balaban J connectivity index is 1.93. The Morgan fingerprint density at radius 3 is 2.44 bits per heavy atom. The SMILES string of the molecule is CC(N)CCC(=O)N1Cc2ccccc2C1. The molecular formula is C13H18N2O. The molecule has 86 valence electrons. The molecule has 0 radical (unpaired) electrons. The van der Waals surface area contributed by atoms with Gasteiger partial charge in [0.2, 0.25) is 5.91 Å². The highest BCUT2D eigenvalue weighted by Crippen LogP contribution is 2.22. The highest BCUT2D eigenvalue weighted by Gasteiger charge is 2.22. The summed E-state index contributed by atoms with van der Waals surface area (Å²) < 4.78 is 0. The number of amides is 1. The minimum absolute atomic E-state index is 0.105. The van der Waals surface area contributed by atoms with Gasteiger partial charge in [0, 0.05) is 25.6 Å². The van der Waals surface area contributed by atoms with Crippen molar-refractivity contribution in [2.75, 3.05) is 0 Å². The van der Waals surface area contributed by atoms with Gasteiger partial charge in [-0.25, -0.2) is 0 Å². The van der Waals surface area contributed by atoms with Gasteiger partial charge in [-0.15, -0.1) is 0 Å². The maximum Gasteiger partial charge on any atom is 0.223 e. The molecule has 0 fully saturated rings. The molecule has 0 saturated heterocycles. The molecular weight excluding hydrogens is 200 g/mol. The number of rotatable bonds is 3. The van der Waals surface area contributed by atoms with Crippen molar-refractivity contribution in [1.82, 2.24) is 4.90 Å². The lowest BCUT2D eigenvalue weighted by Crippen LogP contribution is -2.27. The number of hydrogen-bond donors (Lipinski definition) is 1. The van der Waals surface area contributed by atoms with Gasteiger partial charge in [-0.1, -0.05) is 24.3 Å². The molecule has 0 bridgehead atoms. The summed E-state index contributed by atoms with van der Waals surface area (Å²) in [6, 6.07) is 8.33. The number of nitrogens with zero attached hydrogens (tertiary/aromatic N) is 1. The van der Waals surface area contributed by atoms with Gasteiger partial charge in [0.1, 0.15) is 0 Å². The molecule has 16 heavy (non-hydrogen) atoms. The fourth-order valence-corrected chi connectivity index (χ4v) is 2.02. The van der Waals surface area contributed by atoms with Crippen LogP contribution >= 0.6 is 0 Å². The van der Waals surface area contributed by atoms with Crippen LogP contribution in [0.1, 0.15) is 30.9 Å². The predicted molar refractivity (Wildman–Crippen MR) is 63.6 cm³/mol. The molecule has 0 saturated carbocycles. The van der Waals surface area contributed by atoms with Crippen molar-refractivity contribution in [3.8, 4) is 0 Å². The van der Waals surface area contributed by atoms with Crippen LogP contribution in [0.4, 0.5) is 0 Å². The van der Waals surface area contributed by atoms with E-state index in [2.05, 4.69) is 12.1 Å². The largest absolute Gasteiger partial charge is 0.334 e. The summed E-state index contributed by atoms with van der Waals surface area (Å²) >= 11 is 0. The van der Waals surface area contributed by atoms with E-state index in [0.29, 0.717) is 6.42 Å². The summed E-state index contributed by atoms with van der Waals surface area (Å²) in [5.41, 5.74) is 8.20. The third-order valence-corrected chi connectivity index (χ3v) is 3.01. The Morgan fingerprint density at radius 2 is 1.94 bits per heavy atom. The second-order valence-corrected chi connectivity index (χ2v) is 4.53. The summed E-state index contributed by atoms with van der Waals surface area (Å²) in [6.07, 6.45) is 1.33. The highest BCUT2D eigenvalue weighted by molar-refractivity contribution is 5.77. The molecule has 1 aliphatic heterocycles. The van der Waals surface area contributed by atoms with Gasteiger partial charge in [-0.05, 0) is 24.5 Å². The van der Waals surface area contributed by atoms with Gasteiger partial charge in [-0.2, -0.15) is 0 Å². The van der Waals surface area contributed by atoms with Gasteiger partial charge < -0.3 is 10.6 Å². The van der Waals surface area contributed by atoms with Crippen molar-refractivity contribution in [2.24, 2.45) is 5.73 Å². The molecule has 2 rings (SSSR count). The van der Waals surface area contributed by atoms with Crippen LogP contribution in [0, 0.1) is 0 Å². The molecule has 1 amide bonds. The summed E-state index contributed by atoms with van der Waals surface area (Å²) in [6.45, 7) is 3.45. The number of hydrogen-bond acceptors (Lipinski definition) is 2. The Labute approximate surface area is 96.2 Å². The zero-order chi connectivity index (χ0) is 11.5. The van der Waals surface area contributed by atoms with Crippen LogP contribution < -0.4 is 5.73 Å². The van der Waals surface area contributed by atoms with Crippen LogP contribution in [0.3, 0.4) is 0 Å². The Hall–Kier alpha value is -1.35. The Kier molecular flexibility index (Phi) is 3.25. The smallest absolute Gasteiger partial charge is 0.223 e. The third-order valence-electron chi connectivity index (χ3n) is 3.01. The average Bonchev–Trinajstić information content (AvgIpc) is 2.69. The lowest BCUT2D eigenvalue weighted by molar-refractivity contribution is -0.132. The molecule has 2 N–H and O–H groups in total. The minimum atomic E-state index is 0.105. The van der Waals surface area contributed by atoms with Crippen LogP contribution in [0.15, 0.2) is 24.3 Å². The first-order chi connectivity index (χ1) is 7.66. The molecule has 1 aliphatic rings. The van der Waals surface area contributed by atoms with Crippen molar-refractivity contribution in [3.63, 3.8) is 0 Å². The second-order valence-electron chi connectivity index (χ2n) is 4.53. The van der Waals surface area contributed by atoms with Crippen molar-refractivity contribution in [1.29, 1.82) is 0 Å². The lowest BCUT2D eigenvalue weighted by atomic mass is 10.1. The van der Waals surface area contributed by atoms with E-state index < -0.39 is 0 Å². The lowest BCUT2D eigenvalue weighted by Gasteiger charge is -2.15. The Bertz CT molecular complexity index is 362. The molecule has 3 nitrogen and oxygen atoms in total. The first-order valence-electron chi connectivity index (χ1n) is 5.77. The van der Waals surface area contributed by atoms with Gasteiger partial charge in [0.25, 0.3) is 0 Å². The van der Waals surface area contributed by atoms with E-state index in [4.69, 9.17) is 5.73 Å². The maximum atomic E-state index is 11.9. The molecule has 0 spiro atoms. The first kappa shape index (κ1) is 11.1. The predicted octanol–water partition coefficient (Wildman–Crippen LogP) is 1.66. The summed E-state index contributed by atoms with van der Waals surface area (Å²) in [5, 5.41) is 0. The molecule has 1 aromatic carbocycles. The fourth-order valence-electron chi connectivity index (χ4n) is 2.02. The number of benzene rings is 1. The van der Waals surface area contributed by atoms with Crippen molar-refractivity contribution in [3.05, 3.63) is 35.4 Å². The number of nitrogens with two attached hydrogens (primary N) is 1. The zero-order valence-corrected chi connectivity index (χ0v) is 9.65. The van der Waals surface area contributed by atoms with Crippen LogP contribution in [0.2, 0.25) is 0 Å². The van der Waals surface area contributed by atoms with Crippen LogP contribution in [0.25, 0.3) is 0 Å². The van der Waals surface area contributed by atoms with Crippen molar-refractivity contribution >= 4 is 5.91 Å². The quantitative estimate of drug-likeness (QED) is 0.838. The monoisotopic (exact) mass is 218 g/mol. The maximum absolute atomic E-state index is 11.9.